The number of hydrogen-bond acceptors (Lipinski definition) is 3. The van der Waals surface area contributed by atoms with Gasteiger partial charge in [-0.1, -0.05) is 27.2 Å². The minimum atomic E-state index is -0.771. The number of nitrogens with zero attached hydrogens (tertiary/aromatic N) is 1. The zero-order valence-electron chi connectivity index (χ0n) is 9.41. The van der Waals surface area contributed by atoms with Crippen LogP contribution in [0.1, 0.15) is 44.3 Å². The van der Waals surface area contributed by atoms with Crippen molar-refractivity contribution in [3.63, 3.8) is 0 Å². The van der Waals surface area contributed by atoms with Crippen molar-refractivity contribution in [1.29, 1.82) is 0 Å². The summed E-state index contributed by atoms with van der Waals surface area (Å²) in [6, 6.07) is 0. The monoisotopic (exact) mass is 227 g/mol. The fourth-order valence-corrected chi connectivity index (χ4v) is 2.42. The summed E-state index contributed by atoms with van der Waals surface area (Å²) in [5.41, 5.74) is 0.721. The van der Waals surface area contributed by atoms with Gasteiger partial charge in [-0.05, 0) is 6.42 Å². The van der Waals surface area contributed by atoms with Gasteiger partial charge in [0.1, 0.15) is 0 Å². The smallest absolute Gasteiger partial charge is 0.304 e. The van der Waals surface area contributed by atoms with Crippen molar-refractivity contribution < 1.29 is 9.90 Å². The van der Waals surface area contributed by atoms with Gasteiger partial charge in [0.15, 0.2) is 0 Å². The zero-order valence-corrected chi connectivity index (χ0v) is 10.2. The summed E-state index contributed by atoms with van der Waals surface area (Å²) in [4.78, 5) is 15.2. The summed E-state index contributed by atoms with van der Waals surface area (Å²) in [6.07, 6.45) is 2.17. The predicted molar refractivity (Wildman–Crippen MR) is 61.4 cm³/mol. The van der Waals surface area contributed by atoms with Crippen molar-refractivity contribution >= 4 is 17.3 Å². The molecule has 0 radical (unpaired) electrons. The Morgan fingerprint density at radius 1 is 1.60 bits per heavy atom. The first-order valence-corrected chi connectivity index (χ1v) is 6.00. The molecule has 0 aliphatic carbocycles. The van der Waals surface area contributed by atoms with E-state index < -0.39 is 5.97 Å². The van der Waals surface area contributed by atoms with Crippen molar-refractivity contribution in [2.24, 2.45) is 0 Å². The number of carbonyl (C=O) groups is 1. The van der Waals surface area contributed by atoms with Crippen LogP contribution in [0.25, 0.3) is 0 Å². The van der Waals surface area contributed by atoms with Gasteiger partial charge in [0.25, 0.3) is 0 Å². The second-order valence-electron chi connectivity index (χ2n) is 4.35. The molecule has 1 aromatic heterocycles. The average Bonchev–Trinajstić information content (AvgIpc) is 2.51. The average molecular weight is 227 g/mol. The van der Waals surface area contributed by atoms with E-state index in [0.717, 1.165) is 23.5 Å². The molecule has 0 aliphatic heterocycles. The molecule has 0 saturated carbocycles. The van der Waals surface area contributed by atoms with Crippen LogP contribution < -0.4 is 0 Å². The molecule has 0 atom stereocenters. The molecule has 0 saturated heterocycles. The van der Waals surface area contributed by atoms with Gasteiger partial charge in [0.05, 0.1) is 17.1 Å². The number of carboxylic acids is 1. The summed E-state index contributed by atoms with van der Waals surface area (Å²) in [7, 11) is 0. The molecule has 3 nitrogen and oxygen atoms in total. The largest absolute Gasteiger partial charge is 0.481 e. The minimum absolute atomic E-state index is 0.131. The number of hydrogen-bond donors (Lipinski definition) is 1. The summed E-state index contributed by atoms with van der Waals surface area (Å²) >= 11 is 1.56. The Morgan fingerprint density at radius 3 is 2.80 bits per heavy atom. The number of carboxylic acid groups (broad SMARTS) is 1. The van der Waals surface area contributed by atoms with E-state index >= 15 is 0 Å². The van der Waals surface area contributed by atoms with E-state index in [1.165, 1.54) is 0 Å². The van der Waals surface area contributed by atoms with Crippen LogP contribution in [0.5, 0.6) is 0 Å². The SMILES string of the molecule is CCCc1csc(C(C)(C)CC(=O)O)n1. The van der Waals surface area contributed by atoms with Gasteiger partial charge in [-0.15, -0.1) is 11.3 Å². The Hall–Kier alpha value is -0.900. The summed E-state index contributed by atoms with van der Waals surface area (Å²) in [5, 5.41) is 11.8. The zero-order chi connectivity index (χ0) is 11.5. The van der Waals surface area contributed by atoms with E-state index in [1.54, 1.807) is 11.3 Å². The predicted octanol–water partition coefficient (Wildman–Crippen LogP) is 2.85. The fourth-order valence-electron chi connectivity index (χ4n) is 1.44. The van der Waals surface area contributed by atoms with Gasteiger partial charge in [-0.3, -0.25) is 4.79 Å². The lowest BCUT2D eigenvalue weighted by atomic mass is 9.90. The Kier molecular flexibility index (Phi) is 3.85. The van der Waals surface area contributed by atoms with Gasteiger partial charge in [0.2, 0.25) is 0 Å². The van der Waals surface area contributed by atoms with Crippen molar-refractivity contribution in [2.75, 3.05) is 0 Å². The molecule has 0 amide bonds. The quantitative estimate of drug-likeness (QED) is 0.841. The van der Waals surface area contributed by atoms with Crippen LogP contribution in [0, 0.1) is 0 Å². The molecule has 15 heavy (non-hydrogen) atoms. The summed E-state index contributed by atoms with van der Waals surface area (Å²) < 4.78 is 0. The van der Waals surface area contributed by atoms with Crippen LogP contribution in [0.4, 0.5) is 0 Å². The highest BCUT2D eigenvalue weighted by Gasteiger charge is 2.27. The molecule has 0 bridgehead atoms. The summed E-state index contributed by atoms with van der Waals surface area (Å²) in [5.74, 6) is -0.771. The molecule has 0 aromatic carbocycles. The minimum Gasteiger partial charge on any atom is -0.481 e. The van der Waals surface area contributed by atoms with E-state index in [1.807, 2.05) is 19.2 Å². The Labute approximate surface area is 94.2 Å². The third-order valence-corrected chi connectivity index (χ3v) is 3.49. The highest BCUT2D eigenvalue weighted by atomic mass is 32.1. The van der Waals surface area contributed by atoms with Crippen LogP contribution in [0.3, 0.4) is 0 Å². The molecule has 84 valence electrons. The molecule has 0 fully saturated rings. The van der Waals surface area contributed by atoms with Gasteiger partial charge >= 0.3 is 5.97 Å². The maximum atomic E-state index is 10.7. The second kappa shape index (κ2) is 4.75. The van der Waals surface area contributed by atoms with E-state index in [9.17, 15) is 4.79 Å². The number of aromatic nitrogens is 1. The first kappa shape index (κ1) is 12.2. The molecular formula is C11H17NO2S. The van der Waals surface area contributed by atoms with Crippen LogP contribution in [-0.2, 0) is 16.6 Å². The Balaban J connectivity index is 2.80. The lowest BCUT2D eigenvalue weighted by Crippen LogP contribution is -2.21. The normalized spacial score (nSPS) is 11.7. The van der Waals surface area contributed by atoms with Crippen molar-refractivity contribution in [3.05, 3.63) is 16.1 Å². The highest BCUT2D eigenvalue weighted by Crippen LogP contribution is 2.29. The van der Waals surface area contributed by atoms with E-state index in [0.29, 0.717) is 0 Å². The third kappa shape index (κ3) is 3.30. The van der Waals surface area contributed by atoms with E-state index in [-0.39, 0.29) is 11.8 Å². The van der Waals surface area contributed by atoms with Gasteiger partial charge in [-0.2, -0.15) is 0 Å². The first-order valence-electron chi connectivity index (χ1n) is 5.12. The van der Waals surface area contributed by atoms with Crippen molar-refractivity contribution in [3.8, 4) is 0 Å². The molecule has 1 aromatic rings. The standard InChI is InChI=1S/C11H17NO2S/c1-4-5-8-7-15-10(12-8)11(2,3)6-9(13)14/h7H,4-6H2,1-3H3,(H,13,14). The lowest BCUT2D eigenvalue weighted by Gasteiger charge is -2.18. The molecular weight excluding hydrogens is 210 g/mol. The summed E-state index contributed by atoms with van der Waals surface area (Å²) in [6.45, 7) is 5.97. The number of aliphatic carboxylic acids is 1. The molecule has 0 spiro atoms. The van der Waals surface area contributed by atoms with Crippen LogP contribution in [0.2, 0.25) is 0 Å². The van der Waals surface area contributed by atoms with Crippen LogP contribution in [-0.4, -0.2) is 16.1 Å². The van der Waals surface area contributed by atoms with Gasteiger partial charge in [0, 0.05) is 10.8 Å². The molecule has 4 heteroatoms. The first-order chi connectivity index (χ1) is 6.95. The maximum absolute atomic E-state index is 10.7. The number of thiazole rings is 1. The highest BCUT2D eigenvalue weighted by molar-refractivity contribution is 7.09. The molecule has 1 N–H and O–H groups in total. The lowest BCUT2D eigenvalue weighted by molar-refractivity contribution is -0.138. The molecule has 0 unspecified atom stereocenters. The Morgan fingerprint density at radius 2 is 2.27 bits per heavy atom. The maximum Gasteiger partial charge on any atom is 0.304 e. The van der Waals surface area contributed by atoms with E-state index in [2.05, 4.69) is 11.9 Å². The van der Waals surface area contributed by atoms with E-state index in [4.69, 9.17) is 5.11 Å². The second-order valence-corrected chi connectivity index (χ2v) is 5.21. The molecule has 0 aliphatic rings. The molecule has 1 heterocycles. The number of rotatable bonds is 5. The van der Waals surface area contributed by atoms with Crippen molar-refractivity contribution in [1.82, 2.24) is 4.98 Å². The van der Waals surface area contributed by atoms with Gasteiger partial charge in [-0.25, -0.2) is 4.98 Å². The van der Waals surface area contributed by atoms with Crippen LogP contribution >= 0.6 is 11.3 Å². The number of aryl methyl sites for hydroxylation is 1. The van der Waals surface area contributed by atoms with Crippen LogP contribution in [0.15, 0.2) is 5.38 Å². The fraction of sp³-hybridized carbons (Fsp3) is 0.636. The van der Waals surface area contributed by atoms with Gasteiger partial charge < -0.3 is 5.11 Å². The topological polar surface area (TPSA) is 50.2 Å². The Bertz CT molecular complexity index is 344. The van der Waals surface area contributed by atoms with Crippen molar-refractivity contribution in [2.45, 2.75) is 45.4 Å². The molecule has 1 rings (SSSR count). The third-order valence-electron chi connectivity index (χ3n) is 2.23.